The maximum atomic E-state index is 10.9. The van der Waals surface area contributed by atoms with E-state index in [4.69, 9.17) is 5.73 Å². The minimum absolute atomic E-state index is 0.104. The van der Waals surface area contributed by atoms with Crippen LogP contribution in [0.15, 0.2) is 12.4 Å². The molecule has 1 aliphatic rings. The molecule has 2 unspecified atom stereocenters. The zero-order valence-corrected chi connectivity index (χ0v) is 12.5. The number of hydrogen-bond donors (Lipinski definition) is 1. The van der Waals surface area contributed by atoms with Gasteiger partial charge in [-0.15, -0.1) is 0 Å². The summed E-state index contributed by atoms with van der Waals surface area (Å²) in [4.78, 5) is 21.9. The number of piperidine rings is 1. The van der Waals surface area contributed by atoms with Crippen molar-refractivity contribution in [1.29, 1.82) is 0 Å². The van der Waals surface area contributed by atoms with Gasteiger partial charge in [0.25, 0.3) is 0 Å². The van der Waals surface area contributed by atoms with E-state index in [1.54, 1.807) is 6.07 Å². The van der Waals surface area contributed by atoms with Gasteiger partial charge in [0.15, 0.2) is 0 Å². The van der Waals surface area contributed by atoms with Crippen LogP contribution >= 0.6 is 11.3 Å². The lowest BCUT2D eigenvalue weighted by Gasteiger charge is -2.37. The van der Waals surface area contributed by atoms with Gasteiger partial charge in [-0.25, -0.2) is 9.97 Å². The molecule has 8 heteroatoms. The van der Waals surface area contributed by atoms with E-state index in [9.17, 15) is 10.1 Å². The molecule has 2 aromatic heterocycles. The van der Waals surface area contributed by atoms with Crippen molar-refractivity contribution in [3.63, 3.8) is 0 Å². The molecule has 0 radical (unpaired) electrons. The van der Waals surface area contributed by atoms with E-state index in [1.165, 1.54) is 6.33 Å². The number of hydrogen-bond acceptors (Lipinski definition) is 7. The van der Waals surface area contributed by atoms with Crippen LogP contribution in [0, 0.1) is 22.0 Å². The molecule has 0 bridgehead atoms. The molecular formula is C13H17N5O2S. The average Bonchev–Trinajstić information content (AvgIpc) is 2.92. The SMILES string of the molecule is CC1CCN(c2ncnc3sc([N+](=O)[O-])cc23)CC1CN. The zero-order chi connectivity index (χ0) is 15.0. The second-order valence-corrected chi connectivity index (χ2v) is 6.47. The molecule has 0 saturated carbocycles. The van der Waals surface area contributed by atoms with Gasteiger partial charge in [0.1, 0.15) is 17.0 Å². The van der Waals surface area contributed by atoms with E-state index in [-0.39, 0.29) is 9.92 Å². The van der Waals surface area contributed by atoms with Crippen molar-refractivity contribution >= 4 is 32.4 Å². The molecule has 0 aromatic carbocycles. The first-order valence-electron chi connectivity index (χ1n) is 6.94. The zero-order valence-electron chi connectivity index (χ0n) is 11.7. The first-order chi connectivity index (χ1) is 10.1. The molecule has 2 aromatic rings. The predicted molar refractivity (Wildman–Crippen MR) is 82.6 cm³/mol. The summed E-state index contributed by atoms with van der Waals surface area (Å²) in [5.41, 5.74) is 5.84. The predicted octanol–water partition coefficient (Wildman–Crippen LogP) is 2.02. The highest BCUT2D eigenvalue weighted by molar-refractivity contribution is 7.21. The van der Waals surface area contributed by atoms with Gasteiger partial charge in [-0.05, 0) is 36.1 Å². The van der Waals surface area contributed by atoms with Crippen LogP contribution < -0.4 is 10.6 Å². The molecule has 1 saturated heterocycles. The standard InChI is InChI=1S/C13H17N5O2S/c1-8-2-3-17(6-9(8)5-14)12-10-4-11(18(19)20)21-13(10)16-7-15-12/h4,7-9H,2-3,5-6,14H2,1H3. The van der Waals surface area contributed by atoms with E-state index < -0.39 is 0 Å². The van der Waals surface area contributed by atoms with Gasteiger partial charge in [0, 0.05) is 19.2 Å². The summed E-state index contributed by atoms with van der Waals surface area (Å²) in [6.45, 7) is 4.61. The van der Waals surface area contributed by atoms with E-state index in [0.717, 1.165) is 42.1 Å². The Balaban J connectivity index is 1.98. The Morgan fingerprint density at radius 2 is 2.38 bits per heavy atom. The Bertz CT molecular complexity index is 674. The molecule has 21 heavy (non-hydrogen) atoms. The third-order valence-corrected chi connectivity index (χ3v) is 5.19. The molecule has 2 N–H and O–H groups in total. The van der Waals surface area contributed by atoms with Crippen LogP contribution in [-0.2, 0) is 0 Å². The molecule has 112 valence electrons. The van der Waals surface area contributed by atoms with E-state index >= 15 is 0 Å². The number of nitro groups is 1. The van der Waals surface area contributed by atoms with Gasteiger partial charge in [-0.2, -0.15) is 0 Å². The van der Waals surface area contributed by atoms with E-state index in [0.29, 0.717) is 23.2 Å². The lowest BCUT2D eigenvalue weighted by molar-refractivity contribution is -0.380. The van der Waals surface area contributed by atoms with Crippen LogP contribution in [0.4, 0.5) is 10.8 Å². The van der Waals surface area contributed by atoms with Crippen molar-refractivity contribution in [3.05, 3.63) is 22.5 Å². The minimum atomic E-state index is -0.378. The molecular weight excluding hydrogens is 290 g/mol. The Hall–Kier alpha value is -1.80. The summed E-state index contributed by atoms with van der Waals surface area (Å²) in [5, 5.41) is 11.8. The molecule has 1 aliphatic heterocycles. The number of aromatic nitrogens is 2. The van der Waals surface area contributed by atoms with E-state index in [1.807, 2.05) is 0 Å². The molecule has 0 aliphatic carbocycles. The maximum absolute atomic E-state index is 10.9. The Labute approximate surface area is 125 Å². The van der Waals surface area contributed by atoms with Gasteiger partial charge in [-0.3, -0.25) is 10.1 Å². The first kappa shape index (κ1) is 14.2. The summed E-state index contributed by atoms with van der Waals surface area (Å²) in [7, 11) is 0. The quantitative estimate of drug-likeness (QED) is 0.688. The van der Waals surface area contributed by atoms with Crippen molar-refractivity contribution in [2.24, 2.45) is 17.6 Å². The fourth-order valence-electron chi connectivity index (χ4n) is 2.82. The minimum Gasteiger partial charge on any atom is -0.356 e. The number of nitrogens with zero attached hydrogens (tertiary/aromatic N) is 4. The smallest absolute Gasteiger partial charge is 0.326 e. The summed E-state index contributed by atoms with van der Waals surface area (Å²) in [6, 6.07) is 1.57. The van der Waals surface area contributed by atoms with Gasteiger partial charge in [0.2, 0.25) is 0 Å². The van der Waals surface area contributed by atoms with Gasteiger partial charge in [-0.1, -0.05) is 6.92 Å². The molecule has 3 rings (SSSR count). The monoisotopic (exact) mass is 307 g/mol. The van der Waals surface area contributed by atoms with Crippen LogP contribution in [0.25, 0.3) is 10.2 Å². The number of rotatable bonds is 3. The summed E-state index contributed by atoms with van der Waals surface area (Å²) >= 11 is 1.09. The molecule has 2 atom stereocenters. The molecule has 1 fully saturated rings. The summed E-state index contributed by atoms with van der Waals surface area (Å²) in [6.07, 6.45) is 2.53. The number of fused-ring (bicyclic) bond motifs is 1. The summed E-state index contributed by atoms with van der Waals surface area (Å²) < 4.78 is 0. The van der Waals surface area contributed by atoms with Gasteiger partial charge in [0.05, 0.1) is 10.3 Å². The first-order valence-corrected chi connectivity index (χ1v) is 7.75. The van der Waals surface area contributed by atoms with Crippen molar-refractivity contribution in [2.45, 2.75) is 13.3 Å². The second kappa shape index (κ2) is 5.53. The van der Waals surface area contributed by atoms with Crippen molar-refractivity contribution in [1.82, 2.24) is 9.97 Å². The third kappa shape index (κ3) is 2.56. The van der Waals surface area contributed by atoms with Crippen LogP contribution in [0.3, 0.4) is 0 Å². The lowest BCUT2D eigenvalue weighted by atomic mass is 9.87. The second-order valence-electron chi connectivity index (χ2n) is 5.47. The Morgan fingerprint density at radius 3 is 3.10 bits per heavy atom. The lowest BCUT2D eigenvalue weighted by Crippen LogP contribution is -2.43. The highest BCUT2D eigenvalue weighted by atomic mass is 32.1. The largest absolute Gasteiger partial charge is 0.356 e. The molecule has 3 heterocycles. The van der Waals surface area contributed by atoms with Crippen molar-refractivity contribution in [3.8, 4) is 0 Å². The summed E-state index contributed by atoms with van der Waals surface area (Å²) in [5.74, 6) is 1.81. The number of nitrogens with two attached hydrogens (primary N) is 1. The Morgan fingerprint density at radius 1 is 1.57 bits per heavy atom. The van der Waals surface area contributed by atoms with Crippen LogP contribution in [0.2, 0.25) is 0 Å². The average molecular weight is 307 g/mol. The van der Waals surface area contributed by atoms with Gasteiger partial charge >= 0.3 is 5.00 Å². The fourth-order valence-corrected chi connectivity index (χ4v) is 3.63. The highest BCUT2D eigenvalue weighted by Gasteiger charge is 2.27. The van der Waals surface area contributed by atoms with Crippen LogP contribution in [0.5, 0.6) is 0 Å². The van der Waals surface area contributed by atoms with Gasteiger partial charge < -0.3 is 10.6 Å². The Kier molecular flexibility index (Phi) is 3.73. The number of thiophene rings is 1. The topological polar surface area (TPSA) is 98.2 Å². The molecule has 7 nitrogen and oxygen atoms in total. The normalized spacial score (nSPS) is 22.7. The fraction of sp³-hybridized carbons (Fsp3) is 0.538. The van der Waals surface area contributed by atoms with Crippen molar-refractivity contribution < 1.29 is 4.92 Å². The maximum Gasteiger partial charge on any atom is 0.326 e. The van der Waals surface area contributed by atoms with Crippen LogP contribution in [-0.4, -0.2) is 34.5 Å². The molecule has 0 spiro atoms. The van der Waals surface area contributed by atoms with Crippen molar-refractivity contribution in [2.75, 3.05) is 24.5 Å². The third-order valence-electron chi connectivity index (χ3n) is 4.19. The number of anilines is 1. The van der Waals surface area contributed by atoms with Crippen LogP contribution in [0.1, 0.15) is 13.3 Å². The highest BCUT2D eigenvalue weighted by Crippen LogP contribution is 2.36. The molecule has 0 amide bonds. The van der Waals surface area contributed by atoms with E-state index in [2.05, 4.69) is 21.8 Å².